The van der Waals surface area contributed by atoms with Gasteiger partial charge in [-0.3, -0.25) is 4.79 Å². The topological polar surface area (TPSA) is 35.5 Å². The molecule has 0 aromatic heterocycles. The summed E-state index contributed by atoms with van der Waals surface area (Å²) < 4.78 is 10.4. The molecule has 0 N–H and O–H groups in total. The summed E-state index contributed by atoms with van der Waals surface area (Å²) in [5.74, 6) is 1.28. The fraction of sp³-hybridized carbons (Fsp3) is 0.167. The Bertz CT molecular complexity index is 675. The van der Waals surface area contributed by atoms with Gasteiger partial charge in [-0.15, -0.1) is 11.8 Å². The van der Waals surface area contributed by atoms with Crippen LogP contribution in [0.25, 0.3) is 6.08 Å². The minimum atomic E-state index is -0.0255. The van der Waals surface area contributed by atoms with Gasteiger partial charge in [0, 0.05) is 10.5 Å². The average Bonchev–Trinajstić information content (AvgIpc) is 2.59. The van der Waals surface area contributed by atoms with Crippen LogP contribution in [0.15, 0.2) is 53.4 Å². The molecule has 0 aliphatic rings. The van der Waals surface area contributed by atoms with Crippen LogP contribution in [-0.4, -0.2) is 26.3 Å². The monoisotopic (exact) mass is 314 g/mol. The fourth-order valence-corrected chi connectivity index (χ4v) is 2.39. The van der Waals surface area contributed by atoms with E-state index in [-0.39, 0.29) is 5.78 Å². The number of thioether (sulfide) groups is 1. The predicted octanol–water partition coefficient (Wildman–Crippen LogP) is 4.32. The first-order valence-electron chi connectivity index (χ1n) is 6.76. The third-order valence-electron chi connectivity index (χ3n) is 3.21. The number of ether oxygens (including phenoxy) is 2. The van der Waals surface area contributed by atoms with Gasteiger partial charge in [0.2, 0.25) is 0 Å². The summed E-state index contributed by atoms with van der Waals surface area (Å²) in [5.41, 5.74) is 1.56. The summed E-state index contributed by atoms with van der Waals surface area (Å²) in [6, 6.07) is 13.1. The van der Waals surface area contributed by atoms with E-state index in [4.69, 9.17) is 9.47 Å². The molecular formula is C18H18O3S. The largest absolute Gasteiger partial charge is 0.493 e. The van der Waals surface area contributed by atoms with E-state index in [0.717, 1.165) is 10.5 Å². The molecule has 2 aromatic rings. The molecule has 0 unspecified atom stereocenters. The van der Waals surface area contributed by atoms with Gasteiger partial charge in [-0.2, -0.15) is 0 Å². The van der Waals surface area contributed by atoms with Crippen LogP contribution in [0, 0.1) is 0 Å². The first kappa shape index (κ1) is 16.2. The molecular weight excluding hydrogens is 296 g/mol. The van der Waals surface area contributed by atoms with Crippen molar-refractivity contribution < 1.29 is 14.3 Å². The third kappa shape index (κ3) is 3.92. The quantitative estimate of drug-likeness (QED) is 0.452. The van der Waals surface area contributed by atoms with Crippen molar-refractivity contribution in [2.75, 3.05) is 20.5 Å². The molecule has 0 spiro atoms. The van der Waals surface area contributed by atoms with Crippen LogP contribution in [0.4, 0.5) is 0 Å². The van der Waals surface area contributed by atoms with E-state index in [0.29, 0.717) is 17.1 Å². The molecule has 0 aliphatic heterocycles. The Morgan fingerprint density at radius 2 is 1.68 bits per heavy atom. The zero-order valence-electron chi connectivity index (χ0n) is 12.8. The highest BCUT2D eigenvalue weighted by Gasteiger charge is 2.04. The Balaban J connectivity index is 2.14. The number of benzene rings is 2. The maximum Gasteiger partial charge on any atom is 0.185 e. The molecule has 0 saturated heterocycles. The van der Waals surface area contributed by atoms with Crippen molar-refractivity contribution in [1.29, 1.82) is 0 Å². The van der Waals surface area contributed by atoms with Crippen molar-refractivity contribution in [1.82, 2.24) is 0 Å². The highest BCUT2D eigenvalue weighted by Crippen LogP contribution is 2.28. The molecule has 4 heteroatoms. The summed E-state index contributed by atoms with van der Waals surface area (Å²) >= 11 is 1.65. The van der Waals surface area contributed by atoms with Gasteiger partial charge in [-0.1, -0.05) is 12.1 Å². The molecule has 3 nitrogen and oxygen atoms in total. The van der Waals surface area contributed by atoms with E-state index in [1.807, 2.05) is 48.7 Å². The van der Waals surface area contributed by atoms with E-state index in [1.165, 1.54) is 0 Å². The fourth-order valence-electron chi connectivity index (χ4n) is 1.98. The Kier molecular flexibility index (Phi) is 5.67. The first-order valence-corrected chi connectivity index (χ1v) is 7.99. The molecule has 0 fully saturated rings. The van der Waals surface area contributed by atoms with Crippen molar-refractivity contribution in [3.8, 4) is 11.5 Å². The smallest absolute Gasteiger partial charge is 0.185 e. The van der Waals surface area contributed by atoms with Crippen LogP contribution in [0.2, 0.25) is 0 Å². The van der Waals surface area contributed by atoms with Crippen LogP contribution in [0.5, 0.6) is 11.5 Å². The number of methoxy groups -OCH3 is 2. The zero-order chi connectivity index (χ0) is 15.9. The lowest BCUT2D eigenvalue weighted by molar-refractivity contribution is 0.104. The summed E-state index contributed by atoms with van der Waals surface area (Å²) in [7, 11) is 3.18. The molecule has 0 amide bonds. The van der Waals surface area contributed by atoms with E-state index < -0.39 is 0 Å². The molecule has 0 aliphatic carbocycles. The van der Waals surface area contributed by atoms with Gasteiger partial charge in [0.05, 0.1) is 14.2 Å². The van der Waals surface area contributed by atoms with Crippen LogP contribution < -0.4 is 9.47 Å². The van der Waals surface area contributed by atoms with Crippen molar-refractivity contribution in [2.24, 2.45) is 0 Å². The van der Waals surface area contributed by atoms with Crippen molar-refractivity contribution in [3.63, 3.8) is 0 Å². The van der Waals surface area contributed by atoms with E-state index >= 15 is 0 Å². The number of rotatable bonds is 6. The Labute approximate surface area is 135 Å². The summed E-state index contributed by atoms with van der Waals surface area (Å²) in [6.45, 7) is 0. The summed E-state index contributed by atoms with van der Waals surface area (Å²) in [6.07, 6.45) is 5.34. The van der Waals surface area contributed by atoms with Crippen LogP contribution in [-0.2, 0) is 0 Å². The minimum Gasteiger partial charge on any atom is -0.493 e. The number of ketones is 1. The number of hydrogen-bond acceptors (Lipinski definition) is 4. The highest BCUT2D eigenvalue weighted by atomic mass is 32.2. The van der Waals surface area contributed by atoms with E-state index in [9.17, 15) is 4.79 Å². The molecule has 0 radical (unpaired) electrons. The normalized spacial score (nSPS) is 10.7. The van der Waals surface area contributed by atoms with Gasteiger partial charge in [-0.05, 0) is 54.3 Å². The molecule has 22 heavy (non-hydrogen) atoms. The summed E-state index contributed by atoms with van der Waals surface area (Å²) in [5, 5.41) is 0. The van der Waals surface area contributed by atoms with Crippen LogP contribution >= 0.6 is 11.8 Å². The molecule has 114 valence electrons. The van der Waals surface area contributed by atoms with Gasteiger partial charge >= 0.3 is 0 Å². The predicted molar refractivity (Wildman–Crippen MR) is 91.1 cm³/mol. The lowest BCUT2D eigenvalue weighted by Gasteiger charge is -2.07. The molecule has 2 aromatic carbocycles. The average molecular weight is 314 g/mol. The van der Waals surface area contributed by atoms with Crippen LogP contribution in [0.3, 0.4) is 0 Å². The maximum absolute atomic E-state index is 12.1. The molecule has 0 heterocycles. The second-order valence-corrected chi connectivity index (χ2v) is 5.42. The van der Waals surface area contributed by atoms with Crippen molar-refractivity contribution in [2.45, 2.75) is 4.90 Å². The molecule has 0 saturated carbocycles. The molecule has 0 bridgehead atoms. The zero-order valence-corrected chi connectivity index (χ0v) is 13.6. The number of hydrogen-bond donors (Lipinski definition) is 0. The first-order chi connectivity index (χ1) is 10.7. The SMILES string of the molecule is COc1ccc(C=CC(=O)c2ccc(SC)cc2)cc1OC. The maximum atomic E-state index is 12.1. The Hall–Kier alpha value is -2.20. The van der Waals surface area contributed by atoms with Gasteiger partial charge in [0.25, 0.3) is 0 Å². The van der Waals surface area contributed by atoms with Gasteiger partial charge in [0.15, 0.2) is 17.3 Å². The Morgan fingerprint density at radius 3 is 2.27 bits per heavy atom. The van der Waals surface area contributed by atoms with Crippen LogP contribution in [0.1, 0.15) is 15.9 Å². The lowest BCUT2D eigenvalue weighted by Crippen LogP contribution is -1.94. The van der Waals surface area contributed by atoms with E-state index in [1.54, 1.807) is 38.1 Å². The van der Waals surface area contributed by atoms with Gasteiger partial charge < -0.3 is 9.47 Å². The van der Waals surface area contributed by atoms with Crippen molar-refractivity contribution >= 4 is 23.6 Å². The van der Waals surface area contributed by atoms with Gasteiger partial charge in [0.1, 0.15) is 0 Å². The lowest BCUT2D eigenvalue weighted by atomic mass is 10.1. The van der Waals surface area contributed by atoms with Gasteiger partial charge in [-0.25, -0.2) is 0 Å². The second-order valence-electron chi connectivity index (χ2n) is 4.54. The summed E-state index contributed by atoms with van der Waals surface area (Å²) in [4.78, 5) is 13.3. The Morgan fingerprint density at radius 1 is 1.00 bits per heavy atom. The van der Waals surface area contributed by atoms with Crippen molar-refractivity contribution in [3.05, 3.63) is 59.7 Å². The van der Waals surface area contributed by atoms with E-state index in [2.05, 4.69) is 0 Å². The number of allylic oxidation sites excluding steroid dienone is 1. The molecule has 0 atom stereocenters. The standard InChI is InChI=1S/C18H18O3S/c1-20-17-11-5-13(12-18(17)21-2)4-10-16(19)14-6-8-15(22-3)9-7-14/h4-12H,1-3H3. The minimum absolute atomic E-state index is 0.0255. The number of carbonyl (C=O) groups is 1. The molecule has 2 rings (SSSR count). The second kappa shape index (κ2) is 7.71. The highest BCUT2D eigenvalue weighted by molar-refractivity contribution is 7.98. The number of carbonyl (C=O) groups excluding carboxylic acids is 1. The third-order valence-corrected chi connectivity index (χ3v) is 3.95.